The van der Waals surface area contributed by atoms with Gasteiger partial charge in [-0.2, -0.15) is 0 Å². The number of carbonyl (C=O) groups is 1. The Bertz CT molecular complexity index is 931. The molecule has 0 aliphatic heterocycles. The molecule has 0 radical (unpaired) electrons. The molecule has 0 fully saturated rings. The van der Waals surface area contributed by atoms with E-state index in [4.69, 9.17) is 17.0 Å². The molecule has 0 aliphatic carbocycles. The number of nitrogens with zero attached hydrogens (tertiary/aromatic N) is 2. The average Bonchev–Trinajstić information content (AvgIpc) is 3.28. The number of hydrogen-bond acceptors (Lipinski definition) is 5. The first kappa shape index (κ1) is 18.6. The third-order valence-electron chi connectivity index (χ3n) is 3.63. The zero-order valence-electron chi connectivity index (χ0n) is 14.2. The lowest BCUT2D eigenvalue weighted by Gasteiger charge is -2.13. The fourth-order valence-corrected chi connectivity index (χ4v) is 4.03. The van der Waals surface area contributed by atoms with Crippen molar-refractivity contribution in [3.8, 4) is 10.6 Å². The van der Waals surface area contributed by atoms with Crippen LogP contribution >= 0.6 is 34.3 Å². The van der Waals surface area contributed by atoms with Crippen molar-refractivity contribution in [2.75, 3.05) is 14.1 Å². The Labute approximate surface area is 164 Å². The first-order valence-electron chi connectivity index (χ1n) is 7.78. The van der Waals surface area contributed by atoms with Crippen LogP contribution < -0.4 is 5.32 Å². The highest BCUT2D eigenvalue weighted by atomic mass is 35.5. The number of benzene rings is 1. The molecule has 0 saturated carbocycles. The van der Waals surface area contributed by atoms with E-state index in [1.165, 1.54) is 22.7 Å². The van der Waals surface area contributed by atoms with Crippen molar-refractivity contribution in [3.63, 3.8) is 0 Å². The molecule has 3 aromatic rings. The minimum absolute atomic E-state index is 0.150. The lowest BCUT2D eigenvalue weighted by molar-refractivity contribution is 0.0954. The number of nitrogens with one attached hydrogen (secondary N) is 2. The quantitative estimate of drug-likeness (QED) is 0.490. The monoisotopic (exact) mass is 404 g/mol. The van der Waals surface area contributed by atoms with Gasteiger partial charge in [-0.1, -0.05) is 35.9 Å². The molecule has 0 spiro atoms. The van der Waals surface area contributed by atoms with Crippen LogP contribution in [0.15, 0.2) is 41.8 Å². The van der Waals surface area contributed by atoms with Crippen LogP contribution in [0.3, 0.4) is 0 Å². The summed E-state index contributed by atoms with van der Waals surface area (Å²) in [5.41, 5.74) is 2.66. The number of thiophene rings is 1. The van der Waals surface area contributed by atoms with E-state index in [0.29, 0.717) is 21.6 Å². The van der Waals surface area contributed by atoms with Crippen LogP contribution in [0.5, 0.6) is 0 Å². The van der Waals surface area contributed by atoms with Crippen LogP contribution in [0.1, 0.15) is 20.9 Å². The largest absolute Gasteiger partial charge is 0.363 e. The van der Waals surface area contributed by atoms with Crippen molar-refractivity contribution in [1.29, 1.82) is 5.41 Å². The molecule has 0 aliphatic rings. The molecule has 2 heterocycles. The number of carbonyl (C=O) groups excluding carboxylic acids is 1. The topological polar surface area (TPSA) is 69.1 Å². The summed E-state index contributed by atoms with van der Waals surface area (Å²) in [5.74, 6) is 0.316. The summed E-state index contributed by atoms with van der Waals surface area (Å²) in [6, 6.07) is 11.2. The number of rotatable bonds is 5. The summed E-state index contributed by atoms with van der Waals surface area (Å²) >= 11 is 8.64. The zero-order chi connectivity index (χ0) is 18.7. The molecular weight excluding hydrogens is 388 g/mol. The number of amides is 1. The fourth-order valence-electron chi connectivity index (χ4n) is 2.24. The summed E-state index contributed by atoms with van der Waals surface area (Å²) in [6.45, 7) is 0.369. The molecular formula is C18H17ClN4OS2. The molecule has 0 saturated heterocycles. The SMILES string of the molecule is CN(C)C(=N)c1ccc(-c2nc(CNC(=O)c3ccc(Cl)s3)cs2)cc1. The second kappa shape index (κ2) is 7.99. The summed E-state index contributed by atoms with van der Waals surface area (Å²) in [6.07, 6.45) is 0. The van der Waals surface area contributed by atoms with E-state index in [1.807, 2.05) is 43.7 Å². The second-order valence-electron chi connectivity index (χ2n) is 5.75. The van der Waals surface area contributed by atoms with Gasteiger partial charge in [-0.15, -0.1) is 22.7 Å². The van der Waals surface area contributed by atoms with Crippen molar-refractivity contribution in [2.24, 2.45) is 0 Å². The summed E-state index contributed by atoms with van der Waals surface area (Å²) in [7, 11) is 3.70. The Kier molecular flexibility index (Phi) is 5.70. The number of halogens is 1. The van der Waals surface area contributed by atoms with E-state index < -0.39 is 0 Å². The maximum absolute atomic E-state index is 12.1. The molecule has 2 N–H and O–H groups in total. The Hall–Kier alpha value is -2.22. The molecule has 3 rings (SSSR count). The van der Waals surface area contributed by atoms with Gasteiger partial charge in [0.05, 0.1) is 21.5 Å². The predicted molar refractivity (Wildman–Crippen MR) is 109 cm³/mol. The maximum Gasteiger partial charge on any atom is 0.261 e. The standard InChI is InChI=1S/C18H17ClN4OS2/c1-23(2)16(20)11-3-5-12(6-4-11)18-22-13(10-25-18)9-21-17(24)14-7-8-15(19)26-14/h3-8,10,20H,9H2,1-2H3,(H,21,24). The van der Waals surface area contributed by atoms with Crippen molar-refractivity contribution < 1.29 is 4.79 Å². The first-order valence-corrected chi connectivity index (χ1v) is 9.86. The van der Waals surface area contributed by atoms with E-state index in [0.717, 1.165) is 21.8 Å². The number of aromatic nitrogens is 1. The Balaban J connectivity index is 1.64. The Morgan fingerprint density at radius 1 is 1.23 bits per heavy atom. The minimum atomic E-state index is -0.150. The highest BCUT2D eigenvalue weighted by Crippen LogP contribution is 2.25. The van der Waals surface area contributed by atoms with E-state index in [2.05, 4.69) is 10.3 Å². The van der Waals surface area contributed by atoms with Gasteiger partial charge < -0.3 is 10.2 Å². The van der Waals surface area contributed by atoms with Crippen LogP contribution in [0.4, 0.5) is 0 Å². The predicted octanol–water partition coefficient (Wildman–Crippen LogP) is 4.34. The maximum atomic E-state index is 12.1. The second-order valence-corrected chi connectivity index (χ2v) is 8.32. The normalized spacial score (nSPS) is 10.6. The first-order chi connectivity index (χ1) is 12.4. The number of hydrogen-bond donors (Lipinski definition) is 2. The van der Waals surface area contributed by atoms with E-state index in [-0.39, 0.29) is 5.91 Å². The molecule has 1 aromatic carbocycles. The van der Waals surface area contributed by atoms with Crippen molar-refractivity contribution >= 4 is 46.0 Å². The molecule has 0 unspecified atom stereocenters. The average molecular weight is 405 g/mol. The lowest BCUT2D eigenvalue weighted by Crippen LogP contribution is -2.21. The highest BCUT2D eigenvalue weighted by Gasteiger charge is 2.11. The van der Waals surface area contributed by atoms with Gasteiger partial charge in [0, 0.05) is 30.6 Å². The lowest BCUT2D eigenvalue weighted by atomic mass is 10.1. The van der Waals surface area contributed by atoms with Crippen LogP contribution in [-0.4, -0.2) is 35.7 Å². The third kappa shape index (κ3) is 4.30. The smallest absolute Gasteiger partial charge is 0.261 e. The van der Waals surface area contributed by atoms with Crippen LogP contribution in [0, 0.1) is 5.41 Å². The van der Waals surface area contributed by atoms with Gasteiger partial charge in [-0.25, -0.2) is 4.98 Å². The van der Waals surface area contributed by atoms with Crippen LogP contribution in [-0.2, 0) is 6.54 Å². The molecule has 2 aromatic heterocycles. The van der Waals surface area contributed by atoms with Gasteiger partial charge in [-0.3, -0.25) is 10.2 Å². The summed E-state index contributed by atoms with van der Waals surface area (Å²) in [4.78, 5) is 19.0. The van der Waals surface area contributed by atoms with Crippen molar-refractivity contribution in [1.82, 2.24) is 15.2 Å². The van der Waals surface area contributed by atoms with Gasteiger partial charge in [0.15, 0.2) is 0 Å². The molecule has 8 heteroatoms. The zero-order valence-corrected chi connectivity index (χ0v) is 16.6. The summed E-state index contributed by atoms with van der Waals surface area (Å²) in [5, 5.41) is 13.7. The fraction of sp³-hybridized carbons (Fsp3) is 0.167. The van der Waals surface area contributed by atoms with Gasteiger partial charge in [0.25, 0.3) is 5.91 Å². The Morgan fingerprint density at radius 2 is 1.96 bits per heavy atom. The third-order valence-corrected chi connectivity index (χ3v) is 5.80. The van der Waals surface area contributed by atoms with Crippen molar-refractivity contribution in [3.05, 3.63) is 62.2 Å². The van der Waals surface area contributed by atoms with Gasteiger partial charge in [0.2, 0.25) is 0 Å². The van der Waals surface area contributed by atoms with Crippen molar-refractivity contribution in [2.45, 2.75) is 6.54 Å². The van der Waals surface area contributed by atoms with Gasteiger partial charge in [-0.05, 0) is 12.1 Å². The van der Waals surface area contributed by atoms with Gasteiger partial charge in [0.1, 0.15) is 10.8 Å². The Morgan fingerprint density at radius 3 is 2.58 bits per heavy atom. The molecule has 26 heavy (non-hydrogen) atoms. The van der Waals surface area contributed by atoms with Crippen LogP contribution in [0.25, 0.3) is 10.6 Å². The molecule has 5 nitrogen and oxygen atoms in total. The van der Waals surface area contributed by atoms with Crippen LogP contribution in [0.2, 0.25) is 4.34 Å². The molecule has 134 valence electrons. The van der Waals surface area contributed by atoms with E-state index in [9.17, 15) is 4.79 Å². The number of thiazole rings is 1. The highest BCUT2D eigenvalue weighted by molar-refractivity contribution is 7.18. The molecule has 1 amide bonds. The number of amidine groups is 1. The molecule has 0 atom stereocenters. The summed E-state index contributed by atoms with van der Waals surface area (Å²) < 4.78 is 0.594. The van der Waals surface area contributed by atoms with E-state index in [1.54, 1.807) is 17.0 Å². The van der Waals surface area contributed by atoms with E-state index >= 15 is 0 Å². The minimum Gasteiger partial charge on any atom is -0.363 e. The molecule has 0 bridgehead atoms. The van der Waals surface area contributed by atoms with Gasteiger partial charge >= 0.3 is 0 Å².